The molecule has 0 amide bonds. The van der Waals surface area contributed by atoms with Crippen LogP contribution in [0.25, 0.3) is 11.3 Å². The normalized spacial score (nSPS) is 11.7. The second-order valence-corrected chi connectivity index (χ2v) is 11.5. The van der Waals surface area contributed by atoms with Crippen molar-refractivity contribution in [2.75, 3.05) is 0 Å². The molecule has 0 saturated carbocycles. The van der Waals surface area contributed by atoms with E-state index in [1.54, 1.807) is 6.20 Å². The fourth-order valence-corrected chi connectivity index (χ4v) is 4.93. The van der Waals surface area contributed by atoms with Crippen molar-refractivity contribution < 1.29 is 4.42 Å². The Morgan fingerprint density at radius 3 is 2.31 bits per heavy atom. The maximum absolute atomic E-state index is 5.26. The van der Waals surface area contributed by atoms with Gasteiger partial charge in [0.1, 0.15) is 0 Å². The van der Waals surface area contributed by atoms with Crippen LogP contribution in [0.5, 0.6) is 0 Å². The van der Waals surface area contributed by atoms with Crippen molar-refractivity contribution in [3.8, 4) is 11.3 Å². The molecule has 2 aromatic rings. The van der Waals surface area contributed by atoms with E-state index >= 15 is 0 Å². The molecule has 0 bridgehead atoms. The average Bonchev–Trinajstić information content (AvgIpc) is 2.69. The number of rotatable bonds is 2. The van der Waals surface area contributed by atoms with E-state index in [2.05, 4.69) is 50.0 Å². The summed E-state index contributed by atoms with van der Waals surface area (Å²) in [6, 6.07) is 8.72. The third-order valence-corrected chi connectivity index (χ3v) is 6.04. The Morgan fingerprint density at radius 2 is 1.81 bits per heavy atom. The zero-order valence-electron chi connectivity index (χ0n) is 9.82. The van der Waals surface area contributed by atoms with Crippen molar-refractivity contribution in [1.82, 2.24) is 4.98 Å². The molecular formula is C13H15NOSn. The van der Waals surface area contributed by atoms with Crippen LogP contribution in [0.4, 0.5) is 0 Å². The minimum absolute atomic E-state index is 0.491. The van der Waals surface area contributed by atoms with Gasteiger partial charge < -0.3 is 0 Å². The molecule has 1 aromatic carbocycles. The van der Waals surface area contributed by atoms with E-state index in [-0.39, 0.29) is 0 Å². The quantitative estimate of drug-likeness (QED) is 0.796. The first kappa shape index (κ1) is 11.7. The summed E-state index contributed by atoms with van der Waals surface area (Å²) in [5.41, 5.74) is 1.11. The Morgan fingerprint density at radius 1 is 1.12 bits per heavy atom. The molecule has 0 fully saturated rings. The predicted molar refractivity (Wildman–Crippen MR) is 67.0 cm³/mol. The molecule has 2 rings (SSSR count). The number of nitrogens with zero attached hydrogens (tertiary/aromatic N) is 1. The summed E-state index contributed by atoms with van der Waals surface area (Å²) in [4.78, 5) is 3.92. The van der Waals surface area contributed by atoms with Gasteiger partial charge in [0, 0.05) is 0 Å². The van der Waals surface area contributed by atoms with Gasteiger partial charge in [-0.3, -0.25) is 0 Å². The van der Waals surface area contributed by atoms with Gasteiger partial charge in [-0.05, 0) is 0 Å². The van der Waals surface area contributed by atoms with Crippen molar-refractivity contribution >= 4 is 24.7 Å². The van der Waals surface area contributed by atoms with E-state index < -0.39 is 21.1 Å². The molecule has 0 spiro atoms. The fourth-order valence-electron chi connectivity index (χ4n) is 1.51. The summed E-state index contributed by atoms with van der Waals surface area (Å²) in [5.74, 6) is 0.840. The second-order valence-electron chi connectivity index (χ2n) is 4.82. The SMILES string of the molecule is C[C](C)(C)[Sn][c]1ccc(-c2cnco2)cc1. The van der Waals surface area contributed by atoms with Crippen molar-refractivity contribution in [3.05, 3.63) is 36.9 Å². The number of aromatic nitrogens is 1. The molecule has 0 aliphatic carbocycles. The zero-order chi connectivity index (χ0) is 11.6. The Kier molecular flexibility index (Phi) is 3.38. The van der Waals surface area contributed by atoms with Crippen molar-refractivity contribution in [2.24, 2.45) is 0 Å². The monoisotopic (exact) mass is 321 g/mol. The molecule has 82 valence electrons. The molecule has 2 radical (unpaired) electrons. The molecule has 16 heavy (non-hydrogen) atoms. The summed E-state index contributed by atoms with van der Waals surface area (Å²) in [5, 5.41) is 0. The standard InChI is InChI=1S/C9H6NO.C4H9.Sn/c1-2-4-8(5-3-1)9-6-10-7-11-9;1-4(2)3;/h2-7H;1-3H3;. The second kappa shape index (κ2) is 4.61. The molecule has 0 atom stereocenters. The molecule has 1 heterocycles. The van der Waals surface area contributed by atoms with Gasteiger partial charge in [-0.25, -0.2) is 0 Å². The third-order valence-electron chi connectivity index (χ3n) is 2.12. The molecule has 0 saturated heterocycles. The van der Waals surface area contributed by atoms with Crippen LogP contribution >= 0.6 is 0 Å². The van der Waals surface area contributed by atoms with Crippen LogP contribution in [-0.2, 0) is 0 Å². The van der Waals surface area contributed by atoms with Crippen LogP contribution in [0.1, 0.15) is 20.8 Å². The van der Waals surface area contributed by atoms with Crippen molar-refractivity contribution in [2.45, 2.75) is 24.2 Å². The van der Waals surface area contributed by atoms with E-state index in [1.807, 2.05) is 0 Å². The number of hydrogen-bond acceptors (Lipinski definition) is 2. The van der Waals surface area contributed by atoms with E-state index in [0.29, 0.717) is 3.43 Å². The molecule has 3 heteroatoms. The average molecular weight is 320 g/mol. The number of hydrogen-bond donors (Lipinski definition) is 0. The molecule has 0 aliphatic rings. The summed E-state index contributed by atoms with van der Waals surface area (Å²) < 4.78 is 7.29. The van der Waals surface area contributed by atoms with Crippen molar-refractivity contribution in [3.63, 3.8) is 0 Å². The first-order chi connectivity index (χ1) is 7.54. The Bertz CT molecular complexity index is 440. The van der Waals surface area contributed by atoms with Gasteiger partial charge in [-0.1, -0.05) is 0 Å². The van der Waals surface area contributed by atoms with Crippen molar-refractivity contribution in [1.29, 1.82) is 0 Å². The summed E-state index contributed by atoms with van der Waals surface area (Å²) >= 11 is -0.491. The summed E-state index contributed by atoms with van der Waals surface area (Å²) in [7, 11) is 0. The van der Waals surface area contributed by atoms with E-state index in [4.69, 9.17) is 4.42 Å². The van der Waals surface area contributed by atoms with Crippen LogP contribution in [-0.4, -0.2) is 26.1 Å². The van der Waals surface area contributed by atoms with Crippen LogP contribution in [0, 0.1) is 0 Å². The Balaban J connectivity index is 2.17. The molecule has 2 nitrogen and oxygen atoms in total. The Labute approximate surface area is 106 Å². The summed E-state index contributed by atoms with van der Waals surface area (Å²) in [6.45, 7) is 6.97. The third kappa shape index (κ3) is 3.11. The van der Waals surface area contributed by atoms with E-state index in [0.717, 1.165) is 11.3 Å². The van der Waals surface area contributed by atoms with Gasteiger partial charge in [0.2, 0.25) is 0 Å². The first-order valence-corrected chi connectivity index (χ1v) is 8.17. The van der Waals surface area contributed by atoms with Crippen LogP contribution in [0.2, 0.25) is 3.43 Å². The molecule has 0 aliphatic heterocycles. The van der Waals surface area contributed by atoms with Crippen LogP contribution in [0.3, 0.4) is 0 Å². The Hall–Kier alpha value is -0.771. The van der Waals surface area contributed by atoms with Gasteiger partial charge in [-0.15, -0.1) is 0 Å². The first-order valence-electron chi connectivity index (χ1n) is 5.32. The maximum atomic E-state index is 5.26. The van der Waals surface area contributed by atoms with Crippen LogP contribution in [0.15, 0.2) is 41.3 Å². The van der Waals surface area contributed by atoms with Gasteiger partial charge in [0.15, 0.2) is 0 Å². The van der Waals surface area contributed by atoms with Gasteiger partial charge in [-0.2, -0.15) is 0 Å². The predicted octanol–water partition coefficient (Wildman–Crippen LogP) is 2.89. The number of oxazole rings is 1. The van der Waals surface area contributed by atoms with Gasteiger partial charge in [0.25, 0.3) is 0 Å². The molecule has 1 aromatic heterocycles. The minimum atomic E-state index is -0.491. The van der Waals surface area contributed by atoms with Gasteiger partial charge >= 0.3 is 107 Å². The van der Waals surface area contributed by atoms with E-state index in [1.165, 1.54) is 9.97 Å². The van der Waals surface area contributed by atoms with E-state index in [9.17, 15) is 0 Å². The number of benzene rings is 1. The summed E-state index contributed by atoms with van der Waals surface area (Å²) in [6.07, 6.45) is 3.22. The zero-order valence-corrected chi connectivity index (χ0v) is 12.7. The molecular weight excluding hydrogens is 305 g/mol. The molecule has 0 N–H and O–H groups in total. The fraction of sp³-hybridized carbons (Fsp3) is 0.308. The molecule has 0 unspecified atom stereocenters. The van der Waals surface area contributed by atoms with Crippen LogP contribution < -0.4 is 3.58 Å². The van der Waals surface area contributed by atoms with Gasteiger partial charge in [0.05, 0.1) is 0 Å². The topological polar surface area (TPSA) is 26.0 Å².